The molecule has 0 aliphatic rings. The highest BCUT2D eigenvalue weighted by Gasteiger charge is 2.27. The molecule has 1 atom stereocenters. The minimum Gasteiger partial charge on any atom is -0.497 e. The van der Waals surface area contributed by atoms with Crippen molar-refractivity contribution < 1.29 is 9.47 Å². The number of rotatable bonds is 6. The number of likely N-dealkylation sites (N-methyl/N-ethyl adjacent to an activating group) is 1. The lowest BCUT2D eigenvalue weighted by Gasteiger charge is -2.36. The summed E-state index contributed by atoms with van der Waals surface area (Å²) in [6.07, 6.45) is 0.816. The average Bonchev–Trinajstić information content (AvgIpc) is 2.38. The molecule has 0 saturated heterocycles. The van der Waals surface area contributed by atoms with E-state index >= 15 is 0 Å². The third kappa shape index (κ3) is 3.15. The molecular formula is C14H24N2O2. The van der Waals surface area contributed by atoms with Crippen molar-refractivity contribution in [3.8, 4) is 11.5 Å². The number of hydrogen-bond donors (Lipinski definition) is 1. The number of nitrogens with two attached hydrogens (primary N) is 1. The van der Waals surface area contributed by atoms with E-state index in [1.165, 1.54) is 0 Å². The molecule has 0 radical (unpaired) electrons. The number of nitrogens with zero attached hydrogens (tertiary/aromatic N) is 1. The molecule has 102 valence electrons. The zero-order chi connectivity index (χ0) is 13.8. The molecule has 0 fully saturated rings. The standard InChI is InChI=1S/C14H24N2O2/c1-14(10-15,16(2)3)9-11-8-12(17-4)6-7-13(11)18-5/h6-8H,9-10,15H2,1-5H3. The van der Waals surface area contributed by atoms with Crippen molar-refractivity contribution in [2.75, 3.05) is 34.9 Å². The molecule has 18 heavy (non-hydrogen) atoms. The monoisotopic (exact) mass is 252 g/mol. The van der Waals surface area contributed by atoms with Crippen LogP contribution < -0.4 is 15.2 Å². The molecule has 4 heteroatoms. The van der Waals surface area contributed by atoms with Crippen LogP contribution in [0.3, 0.4) is 0 Å². The van der Waals surface area contributed by atoms with Gasteiger partial charge in [-0.3, -0.25) is 0 Å². The molecule has 0 amide bonds. The summed E-state index contributed by atoms with van der Waals surface area (Å²) in [5, 5.41) is 0. The summed E-state index contributed by atoms with van der Waals surface area (Å²) in [7, 11) is 7.43. The van der Waals surface area contributed by atoms with E-state index in [1.807, 2.05) is 32.3 Å². The Hall–Kier alpha value is -1.26. The smallest absolute Gasteiger partial charge is 0.122 e. The van der Waals surface area contributed by atoms with Gasteiger partial charge in [-0.05, 0) is 51.2 Å². The predicted octanol–water partition coefficient (Wildman–Crippen LogP) is 1.53. The van der Waals surface area contributed by atoms with Crippen LogP contribution in [0.2, 0.25) is 0 Å². The Morgan fingerprint density at radius 3 is 2.33 bits per heavy atom. The molecule has 0 aromatic heterocycles. The van der Waals surface area contributed by atoms with Gasteiger partial charge in [0.2, 0.25) is 0 Å². The summed E-state index contributed by atoms with van der Waals surface area (Å²) in [6, 6.07) is 5.84. The molecule has 0 aliphatic heterocycles. The molecule has 0 spiro atoms. The molecule has 0 bridgehead atoms. The Morgan fingerprint density at radius 2 is 1.89 bits per heavy atom. The predicted molar refractivity (Wildman–Crippen MR) is 74.4 cm³/mol. The Balaban J connectivity index is 3.07. The molecule has 2 N–H and O–H groups in total. The highest BCUT2D eigenvalue weighted by molar-refractivity contribution is 5.41. The SMILES string of the molecule is COc1ccc(OC)c(CC(C)(CN)N(C)C)c1. The van der Waals surface area contributed by atoms with E-state index in [2.05, 4.69) is 11.8 Å². The fourth-order valence-corrected chi connectivity index (χ4v) is 1.84. The zero-order valence-electron chi connectivity index (χ0n) is 12.0. The lowest BCUT2D eigenvalue weighted by molar-refractivity contribution is 0.179. The largest absolute Gasteiger partial charge is 0.497 e. The first-order valence-corrected chi connectivity index (χ1v) is 6.05. The van der Waals surface area contributed by atoms with E-state index in [-0.39, 0.29) is 5.54 Å². The minimum absolute atomic E-state index is 0.0976. The van der Waals surface area contributed by atoms with E-state index in [0.29, 0.717) is 6.54 Å². The van der Waals surface area contributed by atoms with Gasteiger partial charge in [-0.1, -0.05) is 0 Å². The second-order valence-electron chi connectivity index (χ2n) is 4.95. The summed E-state index contributed by atoms with van der Waals surface area (Å²) in [5.41, 5.74) is 6.92. The number of ether oxygens (including phenoxy) is 2. The molecule has 4 nitrogen and oxygen atoms in total. The van der Waals surface area contributed by atoms with Gasteiger partial charge in [-0.15, -0.1) is 0 Å². The molecular weight excluding hydrogens is 228 g/mol. The summed E-state index contributed by atoms with van der Waals surface area (Å²) in [4.78, 5) is 2.14. The van der Waals surface area contributed by atoms with E-state index in [0.717, 1.165) is 23.5 Å². The molecule has 1 aromatic carbocycles. The topological polar surface area (TPSA) is 47.7 Å². The van der Waals surface area contributed by atoms with Gasteiger partial charge in [0.25, 0.3) is 0 Å². The van der Waals surface area contributed by atoms with Crippen molar-refractivity contribution in [1.29, 1.82) is 0 Å². The highest BCUT2D eigenvalue weighted by Crippen LogP contribution is 2.28. The summed E-state index contributed by atoms with van der Waals surface area (Å²) < 4.78 is 10.7. The molecule has 1 aromatic rings. The first-order chi connectivity index (χ1) is 8.46. The van der Waals surface area contributed by atoms with Crippen molar-refractivity contribution in [3.05, 3.63) is 23.8 Å². The van der Waals surface area contributed by atoms with Crippen LogP contribution in [0.15, 0.2) is 18.2 Å². The van der Waals surface area contributed by atoms with Crippen molar-refractivity contribution in [2.24, 2.45) is 5.73 Å². The fraction of sp³-hybridized carbons (Fsp3) is 0.571. The van der Waals surface area contributed by atoms with Crippen LogP contribution in [0, 0.1) is 0 Å². The van der Waals surface area contributed by atoms with E-state index in [4.69, 9.17) is 15.2 Å². The second-order valence-corrected chi connectivity index (χ2v) is 4.95. The summed E-state index contributed by atoms with van der Waals surface area (Å²) >= 11 is 0. The maximum absolute atomic E-state index is 5.90. The molecule has 0 heterocycles. The Bertz CT molecular complexity index is 393. The first kappa shape index (κ1) is 14.8. The third-order valence-electron chi connectivity index (χ3n) is 3.58. The second kappa shape index (κ2) is 6.07. The third-order valence-corrected chi connectivity index (χ3v) is 3.58. The van der Waals surface area contributed by atoms with Gasteiger partial charge in [0.05, 0.1) is 14.2 Å². The van der Waals surface area contributed by atoms with Crippen molar-refractivity contribution >= 4 is 0 Å². The number of benzene rings is 1. The number of methoxy groups -OCH3 is 2. The summed E-state index contributed by atoms with van der Waals surface area (Å²) in [5.74, 6) is 1.71. The van der Waals surface area contributed by atoms with Gasteiger partial charge < -0.3 is 20.1 Å². The first-order valence-electron chi connectivity index (χ1n) is 6.05. The van der Waals surface area contributed by atoms with Gasteiger partial charge in [0, 0.05) is 12.1 Å². The molecule has 0 aliphatic carbocycles. The van der Waals surface area contributed by atoms with Crippen LogP contribution in [-0.4, -0.2) is 45.3 Å². The van der Waals surface area contributed by atoms with Crippen LogP contribution in [0.5, 0.6) is 11.5 Å². The summed E-state index contributed by atoms with van der Waals surface area (Å²) in [6.45, 7) is 2.73. The van der Waals surface area contributed by atoms with Crippen LogP contribution in [0.1, 0.15) is 12.5 Å². The Labute approximate surface area is 110 Å². The normalized spacial score (nSPS) is 14.4. The molecule has 1 unspecified atom stereocenters. The Morgan fingerprint density at radius 1 is 1.22 bits per heavy atom. The van der Waals surface area contributed by atoms with E-state index in [1.54, 1.807) is 14.2 Å². The van der Waals surface area contributed by atoms with Crippen LogP contribution >= 0.6 is 0 Å². The quantitative estimate of drug-likeness (QED) is 0.834. The van der Waals surface area contributed by atoms with E-state index < -0.39 is 0 Å². The maximum atomic E-state index is 5.90. The molecule has 1 rings (SSSR count). The van der Waals surface area contributed by atoms with Gasteiger partial charge >= 0.3 is 0 Å². The van der Waals surface area contributed by atoms with Crippen molar-refractivity contribution in [3.63, 3.8) is 0 Å². The minimum atomic E-state index is -0.0976. The van der Waals surface area contributed by atoms with E-state index in [9.17, 15) is 0 Å². The lowest BCUT2D eigenvalue weighted by atomic mass is 9.91. The zero-order valence-corrected chi connectivity index (χ0v) is 12.0. The highest BCUT2D eigenvalue weighted by atomic mass is 16.5. The number of hydrogen-bond acceptors (Lipinski definition) is 4. The van der Waals surface area contributed by atoms with Crippen LogP contribution in [-0.2, 0) is 6.42 Å². The molecule has 0 saturated carbocycles. The Kier molecular flexibility index (Phi) is 4.99. The average molecular weight is 252 g/mol. The van der Waals surface area contributed by atoms with Crippen molar-refractivity contribution in [1.82, 2.24) is 4.90 Å². The maximum Gasteiger partial charge on any atom is 0.122 e. The van der Waals surface area contributed by atoms with Gasteiger partial charge in [0.1, 0.15) is 11.5 Å². The fourth-order valence-electron chi connectivity index (χ4n) is 1.84. The van der Waals surface area contributed by atoms with Crippen molar-refractivity contribution in [2.45, 2.75) is 18.9 Å². The van der Waals surface area contributed by atoms with Gasteiger partial charge in [-0.2, -0.15) is 0 Å². The lowest BCUT2D eigenvalue weighted by Crippen LogP contribution is -2.49. The van der Waals surface area contributed by atoms with Crippen LogP contribution in [0.25, 0.3) is 0 Å². The van der Waals surface area contributed by atoms with Crippen LogP contribution in [0.4, 0.5) is 0 Å². The van der Waals surface area contributed by atoms with Gasteiger partial charge in [0.15, 0.2) is 0 Å². The van der Waals surface area contributed by atoms with Gasteiger partial charge in [-0.25, -0.2) is 0 Å².